The van der Waals surface area contributed by atoms with Gasteiger partial charge >= 0.3 is 6.18 Å². The summed E-state index contributed by atoms with van der Waals surface area (Å²) in [5.41, 5.74) is 0.476. The molecule has 2 rings (SSSR count). The van der Waals surface area contributed by atoms with E-state index >= 15 is 0 Å². The number of aldehydes is 1. The highest BCUT2D eigenvalue weighted by atomic mass is 19.4. The molecule has 22 heavy (non-hydrogen) atoms. The molecule has 6 heteroatoms. The fourth-order valence-electron chi connectivity index (χ4n) is 1.91. The minimum Gasteiger partial charge on any atom is -0.490 e. The summed E-state index contributed by atoms with van der Waals surface area (Å²) >= 11 is 0. The number of nitrogens with zero attached hydrogens (tertiary/aromatic N) is 1. The Hall–Kier alpha value is -2.37. The van der Waals surface area contributed by atoms with Gasteiger partial charge in [0, 0.05) is 11.8 Å². The van der Waals surface area contributed by atoms with Gasteiger partial charge in [-0.15, -0.1) is 0 Å². The first-order valence-electron chi connectivity index (χ1n) is 6.61. The van der Waals surface area contributed by atoms with Crippen molar-refractivity contribution in [1.29, 1.82) is 0 Å². The Labute approximate surface area is 125 Å². The number of halogens is 3. The maximum absolute atomic E-state index is 12.5. The summed E-state index contributed by atoms with van der Waals surface area (Å²) in [7, 11) is 0. The fraction of sp³-hybridized carbons (Fsp3) is 0.250. The zero-order valence-corrected chi connectivity index (χ0v) is 12.0. The highest BCUT2D eigenvalue weighted by Gasteiger charge is 2.32. The van der Waals surface area contributed by atoms with Gasteiger partial charge in [0.25, 0.3) is 0 Å². The molecular formula is C16H14F3NO2. The lowest BCUT2D eigenvalue weighted by atomic mass is 10.0. The van der Waals surface area contributed by atoms with Crippen molar-refractivity contribution < 1.29 is 22.7 Å². The minimum absolute atomic E-state index is 0.0858. The quantitative estimate of drug-likeness (QED) is 0.787. The summed E-state index contributed by atoms with van der Waals surface area (Å²) in [6.07, 6.45) is -2.77. The Morgan fingerprint density at radius 3 is 2.32 bits per heavy atom. The predicted molar refractivity (Wildman–Crippen MR) is 75.8 cm³/mol. The number of carbonyl (C=O) groups is 1. The summed E-state index contributed by atoms with van der Waals surface area (Å²) < 4.78 is 43.0. The molecule has 1 heterocycles. The smallest absolute Gasteiger partial charge is 0.433 e. The highest BCUT2D eigenvalue weighted by molar-refractivity contribution is 5.82. The molecule has 0 atom stereocenters. The molecule has 0 unspecified atom stereocenters. The lowest BCUT2D eigenvalue weighted by Crippen LogP contribution is -2.08. The van der Waals surface area contributed by atoms with E-state index in [9.17, 15) is 18.0 Å². The van der Waals surface area contributed by atoms with E-state index in [1.807, 2.05) is 13.8 Å². The highest BCUT2D eigenvalue weighted by Crippen LogP contribution is 2.30. The molecule has 0 aliphatic carbocycles. The Bertz CT molecular complexity index is 664. The first kappa shape index (κ1) is 16.0. The van der Waals surface area contributed by atoms with Gasteiger partial charge < -0.3 is 4.74 Å². The molecule has 0 spiro atoms. The van der Waals surface area contributed by atoms with Crippen molar-refractivity contribution in [1.82, 2.24) is 4.98 Å². The van der Waals surface area contributed by atoms with Crippen LogP contribution < -0.4 is 4.74 Å². The molecule has 0 bridgehead atoms. The van der Waals surface area contributed by atoms with Gasteiger partial charge in [-0.05, 0) is 37.6 Å². The van der Waals surface area contributed by atoms with E-state index in [2.05, 4.69) is 4.98 Å². The molecule has 0 amide bonds. The van der Waals surface area contributed by atoms with E-state index in [1.54, 1.807) is 18.2 Å². The molecule has 0 radical (unpaired) electrons. The zero-order chi connectivity index (χ0) is 16.3. The van der Waals surface area contributed by atoms with Gasteiger partial charge in [0.1, 0.15) is 11.4 Å². The van der Waals surface area contributed by atoms with Crippen LogP contribution in [-0.4, -0.2) is 17.4 Å². The van der Waals surface area contributed by atoms with Gasteiger partial charge in [0.2, 0.25) is 0 Å². The molecule has 1 aromatic heterocycles. The van der Waals surface area contributed by atoms with Crippen LogP contribution in [0.25, 0.3) is 11.1 Å². The van der Waals surface area contributed by atoms with Crippen molar-refractivity contribution in [3.05, 3.63) is 47.8 Å². The van der Waals surface area contributed by atoms with Gasteiger partial charge in [0.15, 0.2) is 6.29 Å². The molecule has 0 aliphatic heterocycles. The number of ether oxygens (including phenoxy) is 1. The predicted octanol–water partition coefficient (Wildman–Crippen LogP) is 4.37. The summed E-state index contributed by atoms with van der Waals surface area (Å²) in [4.78, 5) is 14.5. The van der Waals surface area contributed by atoms with Gasteiger partial charge in [-0.25, -0.2) is 0 Å². The fourth-order valence-corrected chi connectivity index (χ4v) is 1.91. The number of benzene rings is 1. The second kappa shape index (κ2) is 6.17. The summed E-state index contributed by atoms with van der Waals surface area (Å²) in [5.74, 6) is 0.439. The number of hydrogen-bond donors (Lipinski definition) is 0. The van der Waals surface area contributed by atoms with Crippen LogP contribution >= 0.6 is 0 Å². The Morgan fingerprint density at radius 2 is 1.82 bits per heavy atom. The van der Waals surface area contributed by atoms with Gasteiger partial charge in [-0.3, -0.25) is 9.78 Å². The molecule has 0 saturated carbocycles. The second-order valence-electron chi connectivity index (χ2n) is 4.97. The number of pyridine rings is 1. The zero-order valence-electron chi connectivity index (χ0n) is 12.0. The van der Waals surface area contributed by atoms with Gasteiger partial charge in [-0.1, -0.05) is 12.1 Å². The van der Waals surface area contributed by atoms with Crippen LogP contribution in [0.15, 0.2) is 36.5 Å². The third kappa shape index (κ3) is 3.63. The van der Waals surface area contributed by atoms with Crippen molar-refractivity contribution in [2.24, 2.45) is 0 Å². The molecular weight excluding hydrogens is 295 g/mol. The minimum atomic E-state index is -4.47. The van der Waals surface area contributed by atoms with Gasteiger partial charge in [0.05, 0.1) is 11.7 Å². The van der Waals surface area contributed by atoms with Crippen molar-refractivity contribution >= 4 is 6.29 Å². The van der Waals surface area contributed by atoms with Crippen LogP contribution in [0.5, 0.6) is 5.75 Å². The number of aromatic nitrogens is 1. The second-order valence-corrected chi connectivity index (χ2v) is 4.97. The van der Waals surface area contributed by atoms with E-state index in [1.165, 1.54) is 6.07 Å². The summed E-state index contributed by atoms with van der Waals surface area (Å²) in [6, 6.07) is 7.10. The van der Waals surface area contributed by atoms with Crippen LogP contribution in [0.4, 0.5) is 13.2 Å². The average Bonchev–Trinajstić information content (AvgIpc) is 2.46. The number of hydrogen-bond acceptors (Lipinski definition) is 3. The van der Waals surface area contributed by atoms with E-state index in [-0.39, 0.29) is 6.10 Å². The van der Waals surface area contributed by atoms with Gasteiger partial charge in [-0.2, -0.15) is 13.2 Å². The average molecular weight is 309 g/mol. The standard InChI is InChI=1S/C16H14F3NO2/c1-10(2)22-14-5-3-11(7-13(14)9-21)12-4-6-15(20-8-12)16(17,18)19/h3-10H,1-2H3. The molecule has 0 aliphatic rings. The topological polar surface area (TPSA) is 39.2 Å². The SMILES string of the molecule is CC(C)Oc1ccc(-c2ccc(C(F)(F)F)nc2)cc1C=O. The third-order valence-electron chi connectivity index (χ3n) is 2.89. The van der Waals surface area contributed by atoms with Crippen molar-refractivity contribution in [3.63, 3.8) is 0 Å². The van der Waals surface area contributed by atoms with Crippen LogP contribution in [0, 0.1) is 0 Å². The van der Waals surface area contributed by atoms with Crippen LogP contribution in [0.1, 0.15) is 29.9 Å². The Balaban J connectivity index is 2.35. The Morgan fingerprint density at radius 1 is 1.14 bits per heavy atom. The molecule has 3 nitrogen and oxygen atoms in total. The van der Waals surface area contributed by atoms with Crippen LogP contribution in [0.3, 0.4) is 0 Å². The van der Waals surface area contributed by atoms with E-state index in [4.69, 9.17) is 4.74 Å². The number of rotatable bonds is 4. The van der Waals surface area contributed by atoms with Crippen molar-refractivity contribution in [3.8, 4) is 16.9 Å². The third-order valence-corrected chi connectivity index (χ3v) is 2.89. The van der Waals surface area contributed by atoms with E-state index in [0.29, 0.717) is 28.7 Å². The first-order valence-corrected chi connectivity index (χ1v) is 6.61. The number of carbonyl (C=O) groups excluding carboxylic acids is 1. The largest absolute Gasteiger partial charge is 0.490 e. The molecule has 2 aromatic rings. The normalized spacial score (nSPS) is 11.5. The molecule has 0 saturated heterocycles. The monoisotopic (exact) mass is 309 g/mol. The summed E-state index contributed by atoms with van der Waals surface area (Å²) in [6.45, 7) is 3.67. The first-order chi connectivity index (χ1) is 10.3. The maximum Gasteiger partial charge on any atom is 0.433 e. The Kier molecular flexibility index (Phi) is 4.49. The maximum atomic E-state index is 12.5. The van der Waals surface area contributed by atoms with E-state index in [0.717, 1.165) is 12.3 Å². The van der Waals surface area contributed by atoms with Crippen LogP contribution in [-0.2, 0) is 6.18 Å². The molecule has 0 N–H and O–H groups in total. The molecule has 0 fully saturated rings. The van der Waals surface area contributed by atoms with Crippen molar-refractivity contribution in [2.45, 2.75) is 26.1 Å². The lowest BCUT2D eigenvalue weighted by molar-refractivity contribution is -0.141. The van der Waals surface area contributed by atoms with Crippen molar-refractivity contribution in [2.75, 3.05) is 0 Å². The van der Waals surface area contributed by atoms with E-state index < -0.39 is 11.9 Å². The lowest BCUT2D eigenvalue weighted by Gasteiger charge is -2.13. The molecule has 1 aromatic carbocycles. The number of alkyl halides is 3. The summed E-state index contributed by atoms with van der Waals surface area (Å²) in [5, 5.41) is 0. The molecule has 116 valence electrons. The van der Waals surface area contributed by atoms with Crippen LogP contribution in [0.2, 0.25) is 0 Å².